The minimum atomic E-state index is -3.54. The summed E-state index contributed by atoms with van der Waals surface area (Å²) >= 11 is 5.87. The summed E-state index contributed by atoms with van der Waals surface area (Å²) in [7, 11) is -3.54. The van der Waals surface area contributed by atoms with E-state index in [1.54, 1.807) is 24.3 Å². The molecule has 1 aromatic heterocycles. The van der Waals surface area contributed by atoms with E-state index in [9.17, 15) is 8.42 Å². The van der Waals surface area contributed by atoms with Crippen molar-refractivity contribution in [3.05, 3.63) is 53.3 Å². The first-order valence-electron chi connectivity index (χ1n) is 5.41. The fourth-order valence-corrected chi connectivity index (χ4v) is 2.90. The van der Waals surface area contributed by atoms with Crippen LogP contribution in [0.25, 0.3) is 0 Å². The zero-order valence-electron chi connectivity index (χ0n) is 9.88. The van der Waals surface area contributed by atoms with E-state index in [0.29, 0.717) is 16.3 Å². The van der Waals surface area contributed by atoms with Gasteiger partial charge in [-0.25, -0.2) is 8.42 Å². The predicted octanol–water partition coefficient (Wildman–Crippen LogP) is 2.26. The molecular formula is C12H12ClN3O2S. The number of pyridine rings is 1. The third-order valence-electron chi connectivity index (χ3n) is 2.37. The molecule has 0 unspecified atom stereocenters. The monoisotopic (exact) mass is 297 g/mol. The lowest BCUT2D eigenvalue weighted by molar-refractivity contribution is 0.600. The summed E-state index contributed by atoms with van der Waals surface area (Å²) < 4.78 is 26.4. The van der Waals surface area contributed by atoms with Gasteiger partial charge in [0.15, 0.2) is 0 Å². The van der Waals surface area contributed by atoms with E-state index in [-0.39, 0.29) is 11.4 Å². The van der Waals surface area contributed by atoms with Crippen LogP contribution in [0.1, 0.15) is 5.56 Å². The van der Waals surface area contributed by atoms with Gasteiger partial charge in [0.05, 0.1) is 22.7 Å². The maximum atomic E-state index is 12.0. The van der Waals surface area contributed by atoms with Crippen LogP contribution in [0.2, 0.25) is 5.02 Å². The number of nitrogens with one attached hydrogen (secondary N) is 1. The van der Waals surface area contributed by atoms with Gasteiger partial charge < -0.3 is 5.73 Å². The topological polar surface area (TPSA) is 85.1 Å². The van der Waals surface area contributed by atoms with Gasteiger partial charge >= 0.3 is 0 Å². The smallest absolute Gasteiger partial charge is 0.237 e. The minimum Gasteiger partial charge on any atom is -0.399 e. The van der Waals surface area contributed by atoms with Crippen LogP contribution in [0.15, 0.2) is 42.7 Å². The molecule has 5 nitrogen and oxygen atoms in total. The second-order valence-electron chi connectivity index (χ2n) is 3.96. The van der Waals surface area contributed by atoms with E-state index in [1.165, 1.54) is 18.5 Å². The molecule has 2 aromatic rings. The lowest BCUT2D eigenvalue weighted by Gasteiger charge is -2.09. The van der Waals surface area contributed by atoms with Crippen LogP contribution >= 0.6 is 11.6 Å². The molecule has 0 saturated carbocycles. The Bertz CT molecular complexity index is 672. The van der Waals surface area contributed by atoms with Gasteiger partial charge in [-0.05, 0) is 23.8 Å². The molecule has 1 heterocycles. The fraction of sp³-hybridized carbons (Fsp3) is 0.0833. The maximum absolute atomic E-state index is 12.0. The highest BCUT2D eigenvalue weighted by Crippen LogP contribution is 2.21. The van der Waals surface area contributed by atoms with Gasteiger partial charge in [-0.15, -0.1) is 0 Å². The number of hydrogen-bond donors (Lipinski definition) is 2. The zero-order valence-corrected chi connectivity index (χ0v) is 11.4. The Labute approximate surface area is 116 Å². The molecule has 0 amide bonds. The molecule has 0 atom stereocenters. The van der Waals surface area contributed by atoms with E-state index in [0.717, 1.165) is 0 Å². The Balaban J connectivity index is 2.15. The van der Waals surface area contributed by atoms with Gasteiger partial charge in [0.25, 0.3) is 0 Å². The maximum Gasteiger partial charge on any atom is 0.237 e. The van der Waals surface area contributed by atoms with Gasteiger partial charge in [-0.2, -0.15) is 0 Å². The average molecular weight is 298 g/mol. The molecule has 1 aromatic carbocycles. The summed E-state index contributed by atoms with van der Waals surface area (Å²) in [6.07, 6.45) is 2.85. The lowest BCUT2D eigenvalue weighted by atomic mass is 10.2. The Morgan fingerprint density at radius 2 is 1.89 bits per heavy atom. The summed E-state index contributed by atoms with van der Waals surface area (Å²) in [5, 5.41) is 0.302. The van der Waals surface area contributed by atoms with Crippen molar-refractivity contribution in [3.8, 4) is 0 Å². The second-order valence-corrected chi connectivity index (χ2v) is 6.09. The Morgan fingerprint density at radius 1 is 1.21 bits per heavy atom. The van der Waals surface area contributed by atoms with Gasteiger partial charge in [-0.3, -0.25) is 9.71 Å². The molecule has 0 radical (unpaired) electrons. The quantitative estimate of drug-likeness (QED) is 0.848. The number of anilines is 2. The number of nitrogens with zero attached hydrogens (tertiary/aromatic N) is 1. The zero-order chi connectivity index (χ0) is 13.9. The van der Waals surface area contributed by atoms with Crippen molar-refractivity contribution < 1.29 is 8.42 Å². The second kappa shape index (κ2) is 5.46. The largest absolute Gasteiger partial charge is 0.399 e. The molecule has 100 valence electrons. The van der Waals surface area contributed by atoms with Crippen molar-refractivity contribution in [1.29, 1.82) is 0 Å². The average Bonchev–Trinajstić information content (AvgIpc) is 2.35. The highest BCUT2D eigenvalue weighted by molar-refractivity contribution is 7.91. The van der Waals surface area contributed by atoms with Crippen LogP contribution in [0.5, 0.6) is 0 Å². The molecule has 0 aliphatic rings. The first-order valence-corrected chi connectivity index (χ1v) is 7.44. The molecule has 0 spiro atoms. The third kappa shape index (κ3) is 3.84. The molecule has 0 bridgehead atoms. The van der Waals surface area contributed by atoms with E-state index in [2.05, 4.69) is 9.71 Å². The van der Waals surface area contributed by atoms with Crippen LogP contribution in [-0.2, 0) is 15.8 Å². The fourth-order valence-electron chi connectivity index (χ4n) is 1.49. The molecule has 19 heavy (non-hydrogen) atoms. The van der Waals surface area contributed by atoms with Gasteiger partial charge in [-0.1, -0.05) is 23.7 Å². The molecule has 0 aliphatic heterocycles. The van der Waals surface area contributed by atoms with Crippen molar-refractivity contribution in [3.63, 3.8) is 0 Å². The molecule has 0 aliphatic carbocycles. The van der Waals surface area contributed by atoms with Crippen LogP contribution in [0.3, 0.4) is 0 Å². The molecule has 0 saturated heterocycles. The predicted molar refractivity (Wildman–Crippen MR) is 76.3 cm³/mol. The SMILES string of the molecule is Nc1ccc(CS(=O)(=O)Nc2cnccc2Cl)cc1. The third-order valence-corrected chi connectivity index (χ3v) is 3.94. The molecule has 7 heteroatoms. The first kappa shape index (κ1) is 13.6. The molecule has 0 fully saturated rings. The summed E-state index contributed by atoms with van der Waals surface area (Å²) in [4.78, 5) is 3.82. The van der Waals surface area contributed by atoms with Crippen LogP contribution in [0.4, 0.5) is 11.4 Å². The van der Waals surface area contributed by atoms with Crippen molar-refractivity contribution in [2.24, 2.45) is 0 Å². The standard InChI is InChI=1S/C12H12ClN3O2S/c13-11-5-6-15-7-12(11)16-19(17,18)8-9-1-3-10(14)4-2-9/h1-7,16H,8,14H2. The highest BCUT2D eigenvalue weighted by Gasteiger charge is 2.13. The number of halogens is 1. The number of benzene rings is 1. The molecule has 3 N–H and O–H groups in total. The van der Waals surface area contributed by atoms with E-state index in [1.807, 2.05) is 0 Å². The number of sulfonamides is 1. The van der Waals surface area contributed by atoms with Crippen LogP contribution < -0.4 is 10.5 Å². The normalized spacial score (nSPS) is 11.2. The van der Waals surface area contributed by atoms with E-state index in [4.69, 9.17) is 17.3 Å². The first-order chi connectivity index (χ1) is 8.96. The summed E-state index contributed by atoms with van der Waals surface area (Å²) in [6, 6.07) is 8.16. The lowest BCUT2D eigenvalue weighted by Crippen LogP contribution is -2.15. The number of aromatic nitrogens is 1. The minimum absolute atomic E-state index is 0.154. The van der Waals surface area contributed by atoms with Gasteiger partial charge in [0, 0.05) is 11.9 Å². The van der Waals surface area contributed by atoms with Crippen molar-refractivity contribution in [1.82, 2.24) is 4.98 Å². The van der Waals surface area contributed by atoms with E-state index < -0.39 is 10.0 Å². The number of nitrogens with two attached hydrogens (primary N) is 1. The molecular weight excluding hydrogens is 286 g/mol. The number of rotatable bonds is 4. The van der Waals surface area contributed by atoms with E-state index >= 15 is 0 Å². The summed E-state index contributed by atoms with van der Waals surface area (Å²) in [5.74, 6) is -0.154. The Kier molecular flexibility index (Phi) is 3.92. The number of nitrogen functional groups attached to an aromatic ring is 1. The summed E-state index contributed by atoms with van der Waals surface area (Å²) in [6.45, 7) is 0. The summed E-state index contributed by atoms with van der Waals surface area (Å²) in [5.41, 5.74) is 7.03. The van der Waals surface area contributed by atoms with Crippen molar-refractivity contribution in [2.45, 2.75) is 5.75 Å². The van der Waals surface area contributed by atoms with Gasteiger partial charge in [0.1, 0.15) is 0 Å². The number of hydrogen-bond acceptors (Lipinski definition) is 4. The van der Waals surface area contributed by atoms with Crippen LogP contribution in [0, 0.1) is 0 Å². The Hall–Kier alpha value is -1.79. The highest BCUT2D eigenvalue weighted by atomic mass is 35.5. The van der Waals surface area contributed by atoms with Crippen molar-refractivity contribution in [2.75, 3.05) is 10.5 Å². The van der Waals surface area contributed by atoms with Crippen molar-refractivity contribution >= 4 is 33.0 Å². The molecule has 2 rings (SSSR count). The Morgan fingerprint density at radius 3 is 2.53 bits per heavy atom. The van der Waals surface area contributed by atoms with Gasteiger partial charge in [0.2, 0.25) is 10.0 Å². The van der Waals surface area contributed by atoms with Crippen LogP contribution in [-0.4, -0.2) is 13.4 Å².